The molecule has 0 N–H and O–H groups in total. The first kappa shape index (κ1) is 18.1. The van der Waals surface area contributed by atoms with Gasteiger partial charge in [-0.05, 0) is 43.1 Å². The maximum absolute atomic E-state index is 6.37. The summed E-state index contributed by atoms with van der Waals surface area (Å²) < 4.78 is 3.57. The molecule has 5 rings (SSSR count). The van der Waals surface area contributed by atoms with Gasteiger partial charge >= 0.3 is 0 Å². The summed E-state index contributed by atoms with van der Waals surface area (Å²) >= 11 is 8.18. The molecule has 1 aliphatic carbocycles. The molecule has 0 saturated carbocycles. The summed E-state index contributed by atoms with van der Waals surface area (Å²) in [6.45, 7) is 9.81. The molecule has 4 heterocycles. The fraction of sp³-hybridized carbons (Fsp3) is 0.500. The van der Waals surface area contributed by atoms with Crippen molar-refractivity contribution in [1.29, 1.82) is 0 Å². The summed E-state index contributed by atoms with van der Waals surface area (Å²) in [6.07, 6.45) is 6.97. The Kier molecular flexibility index (Phi) is 4.04. The number of rotatable bonds is 2. The van der Waals surface area contributed by atoms with Crippen LogP contribution in [0.5, 0.6) is 0 Å². The molecule has 4 aromatic rings. The second-order valence-corrected chi connectivity index (χ2v) is 10.1. The number of fused-ring (bicyclic) bond motifs is 5. The highest BCUT2D eigenvalue weighted by molar-refractivity contribution is 7.19. The van der Waals surface area contributed by atoms with Crippen molar-refractivity contribution in [2.24, 2.45) is 11.3 Å². The number of aryl methyl sites for hydroxylation is 2. The van der Waals surface area contributed by atoms with Crippen LogP contribution >= 0.6 is 22.9 Å². The van der Waals surface area contributed by atoms with E-state index in [4.69, 9.17) is 16.6 Å². The van der Waals surface area contributed by atoms with Crippen LogP contribution in [-0.4, -0.2) is 29.4 Å². The second kappa shape index (κ2) is 6.26. The zero-order chi connectivity index (χ0) is 19.6. The van der Waals surface area contributed by atoms with Crippen molar-refractivity contribution >= 4 is 38.8 Å². The van der Waals surface area contributed by atoms with Gasteiger partial charge in [0.05, 0.1) is 10.4 Å². The van der Waals surface area contributed by atoms with E-state index in [0.29, 0.717) is 27.9 Å². The summed E-state index contributed by atoms with van der Waals surface area (Å²) in [5.74, 6) is 1.25. The van der Waals surface area contributed by atoms with E-state index >= 15 is 0 Å². The van der Waals surface area contributed by atoms with Crippen LogP contribution in [0.1, 0.15) is 44.6 Å². The third-order valence-electron chi connectivity index (χ3n) is 5.86. The lowest BCUT2D eigenvalue weighted by Gasteiger charge is -2.33. The lowest BCUT2D eigenvalue weighted by Crippen LogP contribution is -2.26. The SMILES string of the molecule is CCn1cc(Cl)c(-c2nc3c4c5c(sc4ncn3n2)CC(C(C)(C)C)CC5)n1. The maximum Gasteiger partial charge on any atom is 0.204 e. The monoisotopic (exact) mass is 414 g/mol. The van der Waals surface area contributed by atoms with E-state index in [1.165, 1.54) is 16.9 Å². The fourth-order valence-electron chi connectivity index (χ4n) is 4.12. The third kappa shape index (κ3) is 2.75. The standard InChI is InChI=1S/C20H23ClN6S/c1-5-26-9-13(21)16(24-26)17-23-18-15-12-7-6-11(20(2,3)4)8-14(12)28-19(15)22-10-27(18)25-17/h9-11H,5-8H2,1-4H3. The van der Waals surface area contributed by atoms with Crippen LogP contribution in [0.3, 0.4) is 0 Å². The van der Waals surface area contributed by atoms with Crippen molar-refractivity contribution in [3.05, 3.63) is 28.0 Å². The molecule has 0 radical (unpaired) electrons. The first-order valence-corrected chi connectivity index (χ1v) is 10.9. The Bertz CT molecular complexity index is 1200. The summed E-state index contributed by atoms with van der Waals surface area (Å²) in [5, 5.41) is 10.9. The molecule has 146 valence electrons. The maximum atomic E-state index is 6.37. The van der Waals surface area contributed by atoms with Crippen molar-refractivity contribution < 1.29 is 0 Å². The molecule has 0 aromatic carbocycles. The Morgan fingerprint density at radius 3 is 2.82 bits per heavy atom. The van der Waals surface area contributed by atoms with Gasteiger partial charge in [0, 0.05) is 17.6 Å². The van der Waals surface area contributed by atoms with E-state index < -0.39 is 0 Å². The minimum Gasteiger partial charge on any atom is -0.271 e. The Morgan fingerprint density at radius 2 is 2.11 bits per heavy atom. The number of hydrogen-bond donors (Lipinski definition) is 0. The Morgan fingerprint density at radius 1 is 1.29 bits per heavy atom. The van der Waals surface area contributed by atoms with Gasteiger partial charge in [0.25, 0.3) is 0 Å². The fourth-order valence-corrected chi connectivity index (χ4v) is 5.62. The van der Waals surface area contributed by atoms with Gasteiger partial charge in [-0.3, -0.25) is 4.68 Å². The van der Waals surface area contributed by atoms with E-state index in [0.717, 1.165) is 35.3 Å². The lowest BCUT2D eigenvalue weighted by atomic mass is 9.72. The molecule has 0 aliphatic heterocycles. The highest BCUT2D eigenvalue weighted by Gasteiger charge is 2.32. The van der Waals surface area contributed by atoms with E-state index in [1.807, 2.05) is 24.5 Å². The second-order valence-electron chi connectivity index (χ2n) is 8.62. The number of aromatic nitrogens is 6. The molecule has 1 unspecified atom stereocenters. The number of thiophene rings is 1. The largest absolute Gasteiger partial charge is 0.271 e. The predicted molar refractivity (Wildman–Crippen MR) is 113 cm³/mol. The summed E-state index contributed by atoms with van der Waals surface area (Å²) in [6, 6.07) is 0. The lowest BCUT2D eigenvalue weighted by molar-refractivity contribution is 0.218. The minimum absolute atomic E-state index is 0.327. The first-order valence-electron chi connectivity index (χ1n) is 9.74. The average Bonchev–Trinajstić information content (AvgIpc) is 3.32. The van der Waals surface area contributed by atoms with Crippen LogP contribution < -0.4 is 0 Å². The Labute approximate surface area is 172 Å². The van der Waals surface area contributed by atoms with Crippen LogP contribution in [0.2, 0.25) is 5.02 Å². The van der Waals surface area contributed by atoms with Gasteiger partial charge < -0.3 is 0 Å². The van der Waals surface area contributed by atoms with Gasteiger partial charge in [0.15, 0.2) is 11.3 Å². The molecule has 0 saturated heterocycles. The van der Waals surface area contributed by atoms with Crippen LogP contribution in [0.15, 0.2) is 12.5 Å². The van der Waals surface area contributed by atoms with Gasteiger partial charge in [-0.2, -0.15) is 5.10 Å². The van der Waals surface area contributed by atoms with Crippen LogP contribution in [0.25, 0.3) is 27.4 Å². The van der Waals surface area contributed by atoms with Crippen molar-refractivity contribution in [3.63, 3.8) is 0 Å². The molecular weight excluding hydrogens is 392 g/mol. The van der Waals surface area contributed by atoms with Gasteiger partial charge in [-0.1, -0.05) is 32.4 Å². The van der Waals surface area contributed by atoms with Gasteiger partial charge in [-0.25, -0.2) is 14.5 Å². The minimum atomic E-state index is 0.327. The Balaban J connectivity index is 1.65. The smallest absolute Gasteiger partial charge is 0.204 e. The number of halogens is 1. The zero-order valence-corrected chi connectivity index (χ0v) is 18.1. The predicted octanol–water partition coefficient (Wildman–Crippen LogP) is 5.03. The van der Waals surface area contributed by atoms with E-state index in [9.17, 15) is 0 Å². The van der Waals surface area contributed by atoms with E-state index in [1.54, 1.807) is 15.5 Å². The topological polar surface area (TPSA) is 60.9 Å². The zero-order valence-electron chi connectivity index (χ0n) is 16.5. The van der Waals surface area contributed by atoms with E-state index in [2.05, 4.69) is 36.0 Å². The molecule has 1 atom stereocenters. The van der Waals surface area contributed by atoms with Crippen LogP contribution in [-0.2, 0) is 19.4 Å². The number of hydrogen-bond acceptors (Lipinski definition) is 5. The molecule has 4 aromatic heterocycles. The van der Waals surface area contributed by atoms with Gasteiger partial charge in [0.2, 0.25) is 5.82 Å². The molecule has 0 amide bonds. The molecule has 6 nitrogen and oxygen atoms in total. The molecular formula is C20H23ClN6S. The van der Waals surface area contributed by atoms with Gasteiger partial charge in [0.1, 0.15) is 11.2 Å². The van der Waals surface area contributed by atoms with Crippen molar-refractivity contribution in [3.8, 4) is 11.5 Å². The highest BCUT2D eigenvalue weighted by atomic mass is 35.5. The third-order valence-corrected chi connectivity index (χ3v) is 7.30. The summed E-state index contributed by atoms with van der Waals surface area (Å²) in [5.41, 5.74) is 3.21. The van der Waals surface area contributed by atoms with Gasteiger partial charge in [-0.15, -0.1) is 16.4 Å². The van der Waals surface area contributed by atoms with E-state index in [-0.39, 0.29) is 0 Å². The van der Waals surface area contributed by atoms with Crippen LogP contribution in [0.4, 0.5) is 0 Å². The van der Waals surface area contributed by atoms with Crippen molar-refractivity contribution in [2.75, 3.05) is 0 Å². The normalized spacial score (nSPS) is 17.5. The highest BCUT2D eigenvalue weighted by Crippen LogP contribution is 2.43. The van der Waals surface area contributed by atoms with Crippen molar-refractivity contribution in [2.45, 2.75) is 53.5 Å². The van der Waals surface area contributed by atoms with Crippen molar-refractivity contribution in [1.82, 2.24) is 29.4 Å². The molecule has 0 spiro atoms. The molecule has 28 heavy (non-hydrogen) atoms. The number of nitrogens with zero attached hydrogens (tertiary/aromatic N) is 6. The summed E-state index contributed by atoms with van der Waals surface area (Å²) in [7, 11) is 0. The molecule has 0 fully saturated rings. The molecule has 8 heteroatoms. The molecule has 0 bridgehead atoms. The quantitative estimate of drug-likeness (QED) is 0.461. The average molecular weight is 415 g/mol. The van der Waals surface area contributed by atoms with Crippen LogP contribution in [0, 0.1) is 11.3 Å². The first-order chi connectivity index (χ1) is 13.3. The summed E-state index contributed by atoms with van der Waals surface area (Å²) in [4.78, 5) is 12.0. The Hall–Kier alpha value is -1.99. The molecule has 1 aliphatic rings.